The Balaban J connectivity index is 4.32. The zero-order chi connectivity index (χ0) is 9.94. The lowest BCUT2D eigenvalue weighted by Crippen LogP contribution is -2.23. The molecule has 0 unspecified atom stereocenters. The molecule has 0 rings (SSSR count). The Morgan fingerprint density at radius 3 is 1.75 bits per heavy atom. The minimum absolute atomic E-state index is 1.10. The SMILES string of the molecule is C=C(CC(C)=C(C)C)[Si](C)(C)C. The summed E-state index contributed by atoms with van der Waals surface area (Å²) in [6.07, 6.45) is 1.11. The molecule has 0 bridgehead atoms. The first-order valence-electron chi connectivity index (χ1n) is 4.56. The van der Waals surface area contributed by atoms with Crippen LogP contribution in [-0.4, -0.2) is 8.07 Å². The van der Waals surface area contributed by atoms with Gasteiger partial charge in [-0.25, -0.2) is 0 Å². The van der Waals surface area contributed by atoms with Crippen LogP contribution in [0.2, 0.25) is 19.6 Å². The van der Waals surface area contributed by atoms with Crippen molar-refractivity contribution in [3.8, 4) is 0 Å². The number of hydrogen-bond acceptors (Lipinski definition) is 0. The van der Waals surface area contributed by atoms with Crippen LogP contribution in [0.15, 0.2) is 22.9 Å². The van der Waals surface area contributed by atoms with E-state index < -0.39 is 8.07 Å². The fourth-order valence-electron chi connectivity index (χ4n) is 0.762. The van der Waals surface area contributed by atoms with E-state index in [9.17, 15) is 0 Å². The summed E-state index contributed by atoms with van der Waals surface area (Å²) in [7, 11) is -1.10. The summed E-state index contributed by atoms with van der Waals surface area (Å²) < 4.78 is 0. The first-order chi connectivity index (χ1) is 5.25. The molecule has 0 aromatic carbocycles. The average molecular weight is 182 g/mol. The molecule has 0 saturated heterocycles. The van der Waals surface area contributed by atoms with Crippen molar-refractivity contribution in [2.45, 2.75) is 46.8 Å². The Labute approximate surface area is 78.4 Å². The van der Waals surface area contributed by atoms with Crippen molar-refractivity contribution >= 4 is 8.07 Å². The summed E-state index contributed by atoms with van der Waals surface area (Å²) in [5, 5.41) is 1.46. The molecule has 0 saturated carbocycles. The van der Waals surface area contributed by atoms with E-state index in [1.54, 1.807) is 0 Å². The lowest BCUT2D eigenvalue weighted by atomic mass is 10.1. The predicted molar refractivity (Wildman–Crippen MR) is 61.2 cm³/mol. The maximum absolute atomic E-state index is 4.18. The van der Waals surface area contributed by atoms with E-state index in [0.717, 1.165) is 6.42 Å². The molecule has 0 aromatic rings. The molecular weight excluding hydrogens is 160 g/mol. The van der Waals surface area contributed by atoms with Gasteiger partial charge in [-0.2, -0.15) is 0 Å². The molecule has 0 radical (unpaired) electrons. The molecule has 1 heteroatoms. The van der Waals surface area contributed by atoms with Gasteiger partial charge in [0.2, 0.25) is 0 Å². The van der Waals surface area contributed by atoms with E-state index >= 15 is 0 Å². The molecule has 0 aromatic heterocycles. The van der Waals surface area contributed by atoms with Crippen molar-refractivity contribution in [3.05, 3.63) is 22.9 Å². The van der Waals surface area contributed by atoms with Gasteiger partial charge in [0.1, 0.15) is 0 Å². The molecule has 0 aliphatic carbocycles. The zero-order valence-electron chi connectivity index (χ0n) is 9.41. The van der Waals surface area contributed by atoms with Crippen molar-refractivity contribution in [1.29, 1.82) is 0 Å². The van der Waals surface area contributed by atoms with E-state index in [1.807, 2.05) is 0 Å². The molecule has 0 nitrogen and oxygen atoms in total. The van der Waals surface area contributed by atoms with Crippen LogP contribution in [0.5, 0.6) is 0 Å². The molecule has 0 aliphatic rings. The highest BCUT2D eigenvalue weighted by Gasteiger charge is 2.17. The third-order valence-electron chi connectivity index (χ3n) is 2.39. The topological polar surface area (TPSA) is 0 Å². The lowest BCUT2D eigenvalue weighted by Gasteiger charge is -2.20. The van der Waals surface area contributed by atoms with Crippen LogP contribution in [0.1, 0.15) is 27.2 Å². The maximum Gasteiger partial charge on any atom is 0.0720 e. The van der Waals surface area contributed by atoms with Crippen molar-refractivity contribution in [2.75, 3.05) is 0 Å². The van der Waals surface area contributed by atoms with E-state index in [4.69, 9.17) is 0 Å². The Morgan fingerprint density at radius 1 is 1.08 bits per heavy atom. The number of rotatable bonds is 3. The highest BCUT2D eigenvalue weighted by Crippen LogP contribution is 2.21. The average Bonchev–Trinajstić information content (AvgIpc) is 1.85. The monoisotopic (exact) mass is 182 g/mol. The fraction of sp³-hybridized carbons (Fsp3) is 0.636. The van der Waals surface area contributed by atoms with E-state index in [1.165, 1.54) is 16.3 Å². The van der Waals surface area contributed by atoms with Crippen LogP contribution in [0.3, 0.4) is 0 Å². The summed E-state index contributed by atoms with van der Waals surface area (Å²) in [6, 6.07) is 0. The van der Waals surface area contributed by atoms with Crippen LogP contribution < -0.4 is 0 Å². The first kappa shape index (κ1) is 11.7. The van der Waals surface area contributed by atoms with Crippen molar-refractivity contribution in [3.63, 3.8) is 0 Å². The van der Waals surface area contributed by atoms with Gasteiger partial charge in [0.15, 0.2) is 0 Å². The van der Waals surface area contributed by atoms with Gasteiger partial charge in [-0.3, -0.25) is 0 Å². The van der Waals surface area contributed by atoms with Crippen LogP contribution in [0.4, 0.5) is 0 Å². The van der Waals surface area contributed by atoms with Crippen LogP contribution in [-0.2, 0) is 0 Å². The maximum atomic E-state index is 4.18. The van der Waals surface area contributed by atoms with Gasteiger partial charge in [0.05, 0.1) is 8.07 Å². The van der Waals surface area contributed by atoms with Gasteiger partial charge >= 0.3 is 0 Å². The number of hydrogen-bond donors (Lipinski definition) is 0. The second kappa shape index (κ2) is 4.08. The molecular formula is C11H22Si. The van der Waals surface area contributed by atoms with Gasteiger partial charge in [-0.1, -0.05) is 36.0 Å². The van der Waals surface area contributed by atoms with Gasteiger partial charge in [-0.15, -0.1) is 6.58 Å². The quantitative estimate of drug-likeness (QED) is 0.454. The molecule has 0 fully saturated rings. The molecule has 0 aliphatic heterocycles. The van der Waals surface area contributed by atoms with E-state index in [-0.39, 0.29) is 0 Å². The second-order valence-corrected chi connectivity index (χ2v) is 10.0. The highest BCUT2D eigenvalue weighted by atomic mass is 28.3. The standard InChI is InChI=1S/C11H22Si/c1-9(2)10(3)8-11(4)12(5,6)7/h4,8H2,1-3,5-7H3. The van der Waals surface area contributed by atoms with Crippen LogP contribution >= 0.6 is 0 Å². The molecule has 0 atom stereocenters. The minimum atomic E-state index is -1.10. The van der Waals surface area contributed by atoms with Crippen molar-refractivity contribution in [2.24, 2.45) is 0 Å². The largest absolute Gasteiger partial charge is 0.103 e. The Bertz CT molecular complexity index is 200. The Hall–Kier alpha value is -0.303. The van der Waals surface area contributed by atoms with Gasteiger partial charge in [0, 0.05) is 0 Å². The third-order valence-corrected chi connectivity index (χ3v) is 4.69. The Morgan fingerprint density at radius 2 is 1.50 bits per heavy atom. The molecule has 0 N–H and O–H groups in total. The molecule has 0 amide bonds. The summed E-state index contributed by atoms with van der Waals surface area (Å²) in [5.74, 6) is 0. The lowest BCUT2D eigenvalue weighted by molar-refractivity contribution is 1.11. The first-order valence-corrected chi connectivity index (χ1v) is 8.06. The van der Waals surface area contributed by atoms with Crippen LogP contribution in [0.25, 0.3) is 0 Å². The third kappa shape index (κ3) is 3.91. The second-order valence-electron chi connectivity index (χ2n) is 4.81. The summed E-state index contributed by atoms with van der Waals surface area (Å²) in [5.41, 5.74) is 2.93. The minimum Gasteiger partial charge on any atom is -0.103 e. The smallest absolute Gasteiger partial charge is 0.0720 e. The molecule has 0 spiro atoms. The summed E-state index contributed by atoms with van der Waals surface area (Å²) >= 11 is 0. The van der Waals surface area contributed by atoms with Gasteiger partial charge in [-0.05, 0) is 27.2 Å². The predicted octanol–water partition coefficient (Wildman–Crippen LogP) is 4.17. The van der Waals surface area contributed by atoms with Crippen molar-refractivity contribution < 1.29 is 0 Å². The highest BCUT2D eigenvalue weighted by molar-refractivity contribution is 6.83. The normalized spacial score (nSPS) is 11.2. The van der Waals surface area contributed by atoms with Crippen LogP contribution in [0, 0.1) is 0 Å². The Kier molecular flexibility index (Phi) is 3.98. The van der Waals surface area contributed by atoms with E-state index in [0.29, 0.717) is 0 Å². The van der Waals surface area contributed by atoms with Crippen molar-refractivity contribution in [1.82, 2.24) is 0 Å². The fourth-order valence-corrected chi connectivity index (χ4v) is 1.56. The summed E-state index contributed by atoms with van der Waals surface area (Å²) in [6.45, 7) is 17.8. The van der Waals surface area contributed by atoms with E-state index in [2.05, 4.69) is 47.0 Å². The molecule has 12 heavy (non-hydrogen) atoms. The zero-order valence-corrected chi connectivity index (χ0v) is 10.4. The number of allylic oxidation sites excluding steroid dienone is 3. The molecule has 0 heterocycles. The van der Waals surface area contributed by atoms with Gasteiger partial charge < -0.3 is 0 Å². The summed E-state index contributed by atoms with van der Waals surface area (Å²) in [4.78, 5) is 0. The molecule has 70 valence electrons. The van der Waals surface area contributed by atoms with Gasteiger partial charge in [0.25, 0.3) is 0 Å².